The Morgan fingerprint density at radius 3 is 2.88 bits per heavy atom. The van der Waals surface area contributed by atoms with Gasteiger partial charge in [-0.25, -0.2) is 0 Å². The van der Waals surface area contributed by atoms with Gasteiger partial charge in [0.15, 0.2) is 5.96 Å². The Balaban J connectivity index is 1.43. The predicted octanol–water partition coefficient (Wildman–Crippen LogP) is 2.80. The van der Waals surface area contributed by atoms with Crippen LogP contribution in [0.15, 0.2) is 53.5 Å². The molecule has 0 amide bonds. The molecule has 2 N–H and O–H groups in total. The molecule has 0 spiro atoms. The van der Waals surface area contributed by atoms with Crippen molar-refractivity contribution < 1.29 is 9.47 Å². The summed E-state index contributed by atoms with van der Waals surface area (Å²) in [7, 11) is 0. The Morgan fingerprint density at radius 1 is 1.15 bits per heavy atom. The van der Waals surface area contributed by atoms with Crippen molar-refractivity contribution in [3.63, 3.8) is 0 Å². The number of hydrogen-bond donors (Lipinski definition) is 2. The van der Waals surface area contributed by atoms with Gasteiger partial charge in [0.05, 0.1) is 13.2 Å². The van der Waals surface area contributed by atoms with Crippen molar-refractivity contribution in [3.05, 3.63) is 59.7 Å². The lowest BCUT2D eigenvalue weighted by atomic mass is 10.1. The average molecular weight is 353 g/mol. The lowest BCUT2D eigenvalue weighted by molar-refractivity contribution is 0.322. The van der Waals surface area contributed by atoms with Crippen molar-refractivity contribution >= 4 is 5.96 Å². The number of benzene rings is 2. The minimum Gasteiger partial charge on any atom is -0.493 e. The smallest absolute Gasteiger partial charge is 0.191 e. The Hall–Kier alpha value is -2.69. The molecule has 5 nitrogen and oxygen atoms in total. The minimum atomic E-state index is 0.596. The highest BCUT2D eigenvalue weighted by Gasteiger charge is 2.11. The van der Waals surface area contributed by atoms with Crippen LogP contribution >= 0.6 is 0 Å². The first-order chi connectivity index (χ1) is 12.8. The normalized spacial score (nSPS) is 13.0. The fourth-order valence-corrected chi connectivity index (χ4v) is 2.89. The third-order valence-electron chi connectivity index (χ3n) is 4.17. The Kier molecular flexibility index (Phi) is 6.76. The SMILES string of the molecule is CCNC(=NCCc1ccc2c(c1)CCO2)NCCOc1ccccc1. The second kappa shape index (κ2) is 9.70. The highest BCUT2D eigenvalue weighted by molar-refractivity contribution is 5.79. The first-order valence-electron chi connectivity index (χ1n) is 9.30. The zero-order valence-corrected chi connectivity index (χ0v) is 15.3. The molecule has 1 heterocycles. The van der Waals surface area contributed by atoms with Crippen molar-refractivity contribution in [2.45, 2.75) is 19.8 Å². The van der Waals surface area contributed by atoms with Crippen LogP contribution < -0.4 is 20.1 Å². The summed E-state index contributed by atoms with van der Waals surface area (Å²) >= 11 is 0. The van der Waals surface area contributed by atoms with Crippen LogP contribution in [0.25, 0.3) is 0 Å². The molecule has 138 valence electrons. The van der Waals surface area contributed by atoms with Crippen LogP contribution in [0, 0.1) is 0 Å². The molecule has 2 aromatic carbocycles. The summed E-state index contributed by atoms with van der Waals surface area (Å²) in [5.41, 5.74) is 2.62. The van der Waals surface area contributed by atoms with Gasteiger partial charge < -0.3 is 20.1 Å². The molecule has 0 radical (unpaired) electrons. The van der Waals surface area contributed by atoms with Gasteiger partial charge in [-0.05, 0) is 42.7 Å². The minimum absolute atomic E-state index is 0.596. The molecule has 0 aliphatic carbocycles. The van der Waals surface area contributed by atoms with E-state index in [1.54, 1.807) is 0 Å². The van der Waals surface area contributed by atoms with Gasteiger partial charge in [0.2, 0.25) is 0 Å². The second-order valence-corrected chi connectivity index (χ2v) is 6.14. The molecule has 0 saturated heterocycles. The summed E-state index contributed by atoms with van der Waals surface area (Å²) in [5, 5.41) is 6.59. The monoisotopic (exact) mass is 353 g/mol. The first-order valence-corrected chi connectivity index (χ1v) is 9.30. The lowest BCUT2D eigenvalue weighted by Crippen LogP contribution is -2.39. The zero-order valence-electron chi connectivity index (χ0n) is 15.3. The van der Waals surface area contributed by atoms with E-state index in [4.69, 9.17) is 9.47 Å². The van der Waals surface area contributed by atoms with Crippen LogP contribution in [0.1, 0.15) is 18.1 Å². The molecule has 1 aliphatic heterocycles. The number of rotatable bonds is 8. The predicted molar refractivity (Wildman–Crippen MR) is 105 cm³/mol. The number of ether oxygens (including phenoxy) is 2. The third kappa shape index (κ3) is 5.41. The second-order valence-electron chi connectivity index (χ2n) is 6.14. The van der Waals surface area contributed by atoms with E-state index in [0.717, 1.165) is 50.0 Å². The van der Waals surface area contributed by atoms with Gasteiger partial charge in [-0.1, -0.05) is 30.3 Å². The molecule has 0 fully saturated rings. The Bertz CT molecular complexity index is 716. The van der Waals surface area contributed by atoms with E-state index in [2.05, 4.69) is 40.7 Å². The molecule has 3 rings (SSSR count). The molecule has 0 aromatic heterocycles. The van der Waals surface area contributed by atoms with Gasteiger partial charge in [0, 0.05) is 19.5 Å². The maximum atomic E-state index is 5.69. The van der Waals surface area contributed by atoms with Crippen LogP contribution in [0.3, 0.4) is 0 Å². The van der Waals surface area contributed by atoms with E-state index in [-0.39, 0.29) is 0 Å². The topological polar surface area (TPSA) is 54.9 Å². The number of nitrogens with zero attached hydrogens (tertiary/aromatic N) is 1. The van der Waals surface area contributed by atoms with Gasteiger partial charge in [0.25, 0.3) is 0 Å². The van der Waals surface area contributed by atoms with Gasteiger partial charge in [-0.2, -0.15) is 0 Å². The number of hydrogen-bond acceptors (Lipinski definition) is 3. The van der Waals surface area contributed by atoms with Crippen molar-refractivity contribution in [1.82, 2.24) is 10.6 Å². The summed E-state index contributed by atoms with van der Waals surface area (Å²) in [4.78, 5) is 4.65. The zero-order chi connectivity index (χ0) is 18.0. The number of fused-ring (bicyclic) bond motifs is 1. The van der Waals surface area contributed by atoms with E-state index in [1.807, 2.05) is 30.3 Å². The fourth-order valence-electron chi connectivity index (χ4n) is 2.89. The molecule has 0 saturated carbocycles. The standard InChI is InChI=1S/C21H27N3O2/c1-2-22-21(24-13-15-25-19-6-4-3-5-7-19)23-12-10-17-8-9-20-18(16-17)11-14-26-20/h3-9,16H,2,10-15H2,1H3,(H2,22,23,24). The summed E-state index contributed by atoms with van der Waals surface area (Å²) in [6, 6.07) is 16.3. The van der Waals surface area contributed by atoms with Gasteiger partial charge in [0.1, 0.15) is 18.1 Å². The van der Waals surface area contributed by atoms with Crippen molar-refractivity contribution in [1.29, 1.82) is 0 Å². The molecule has 26 heavy (non-hydrogen) atoms. The van der Waals surface area contributed by atoms with Crippen LogP contribution in [0.5, 0.6) is 11.5 Å². The largest absolute Gasteiger partial charge is 0.493 e. The quantitative estimate of drug-likeness (QED) is 0.435. The Morgan fingerprint density at radius 2 is 2.04 bits per heavy atom. The maximum Gasteiger partial charge on any atom is 0.191 e. The molecule has 0 unspecified atom stereocenters. The van der Waals surface area contributed by atoms with E-state index in [0.29, 0.717) is 13.2 Å². The summed E-state index contributed by atoms with van der Waals surface area (Å²) < 4.78 is 11.2. The number of para-hydroxylation sites is 1. The third-order valence-corrected chi connectivity index (χ3v) is 4.17. The lowest BCUT2D eigenvalue weighted by Gasteiger charge is -2.12. The van der Waals surface area contributed by atoms with Crippen LogP contribution in [-0.2, 0) is 12.8 Å². The molecular weight excluding hydrogens is 326 g/mol. The van der Waals surface area contributed by atoms with E-state index in [9.17, 15) is 0 Å². The molecule has 5 heteroatoms. The van der Waals surface area contributed by atoms with Crippen molar-refractivity contribution in [3.8, 4) is 11.5 Å². The summed E-state index contributed by atoms with van der Waals surface area (Å²) in [6.07, 6.45) is 1.93. The van der Waals surface area contributed by atoms with E-state index >= 15 is 0 Å². The van der Waals surface area contributed by atoms with Crippen LogP contribution in [0.4, 0.5) is 0 Å². The fraction of sp³-hybridized carbons (Fsp3) is 0.381. The van der Waals surface area contributed by atoms with Crippen LogP contribution in [-0.4, -0.2) is 38.8 Å². The van der Waals surface area contributed by atoms with Gasteiger partial charge >= 0.3 is 0 Å². The van der Waals surface area contributed by atoms with E-state index < -0.39 is 0 Å². The van der Waals surface area contributed by atoms with E-state index in [1.165, 1.54) is 11.1 Å². The number of nitrogens with one attached hydrogen (secondary N) is 2. The molecule has 0 atom stereocenters. The molecular formula is C21H27N3O2. The summed E-state index contributed by atoms with van der Waals surface area (Å²) in [6.45, 7) is 5.75. The first kappa shape index (κ1) is 18.1. The highest BCUT2D eigenvalue weighted by atomic mass is 16.5. The van der Waals surface area contributed by atoms with Crippen molar-refractivity contribution in [2.75, 3.05) is 32.8 Å². The van der Waals surface area contributed by atoms with Gasteiger partial charge in [-0.15, -0.1) is 0 Å². The highest BCUT2D eigenvalue weighted by Crippen LogP contribution is 2.25. The maximum absolute atomic E-state index is 5.69. The van der Waals surface area contributed by atoms with Crippen molar-refractivity contribution in [2.24, 2.45) is 4.99 Å². The van der Waals surface area contributed by atoms with Gasteiger partial charge in [-0.3, -0.25) is 4.99 Å². The molecule has 2 aromatic rings. The summed E-state index contributed by atoms with van der Waals surface area (Å²) in [5.74, 6) is 2.75. The number of guanidine groups is 1. The molecule has 1 aliphatic rings. The Labute approximate surface area is 155 Å². The average Bonchev–Trinajstić information content (AvgIpc) is 3.14. The van der Waals surface area contributed by atoms with Crippen LogP contribution in [0.2, 0.25) is 0 Å². The number of aliphatic imine (C=N–C) groups is 1. The molecule has 0 bridgehead atoms.